The summed E-state index contributed by atoms with van der Waals surface area (Å²) in [5.41, 5.74) is 1.21. The maximum atomic E-state index is 11.9. The molecule has 1 atom stereocenters. The van der Waals surface area contributed by atoms with Crippen LogP contribution in [0, 0.1) is 0 Å². The summed E-state index contributed by atoms with van der Waals surface area (Å²) in [4.78, 5) is 15.0. The normalized spacial score (nSPS) is 18.6. The number of alkyl halides is 1. The number of nitrogens with zero attached hydrogens (tertiary/aromatic N) is 1. The van der Waals surface area contributed by atoms with Crippen molar-refractivity contribution in [3.05, 3.63) is 29.8 Å². The van der Waals surface area contributed by atoms with Gasteiger partial charge in [-0.15, -0.1) is 35.1 Å². The van der Waals surface area contributed by atoms with Crippen LogP contribution in [0.4, 0.5) is 4.79 Å². The Morgan fingerprint density at radius 1 is 1.58 bits per heavy atom. The average molecular weight is 317 g/mol. The van der Waals surface area contributed by atoms with Gasteiger partial charge >= 0.3 is 6.03 Å². The van der Waals surface area contributed by atoms with E-state index in [1.165, 1.54) is 10.5 Å². The van der Waals surface area contributed by atoms with Gasteiger partial charge in [0.1, 0.15) is 5.37 Å². The molecule has 1 N–H and O–H groups in total. The van der Waals surface area contributed by atoms with Crippen LogP contribution < -0.4 is 5.32 Å². The van der Waals surface area contributed by atoms with Crippen LogP contribution >= 0.6 is 35.1 Å². The Balaban J connectivity index is 2.22. The van der Waals surface area contributed by atoms with E-state index in [1.54, 1.807) is 18.8 Å². The maximum absolute atomic E-state index is 11.9. The van der Waals surface area contributed by atoms with Gasteiger partial charge in [-0.1, -0.05) is 18.2 Å². The van der Waals surface area contributed by atoms with Gasteiger partial charge in [0.25, 0.3) is 0 Å². The van der Waals surface area contributed by atoms with Crippen LogP contribution in [0.25, 0.3) is 0 Å². The number of carbonyl (C=O) groups excluding carboxylic acids is 1. The third kappa shape index (κ3) is 3.52. The van der Waals surface area contributed by atoms with E-state index < -0.39 is 0 Å². The largest absolute Gasteiger partial charge is 0.341 e. The first-order valence-corrected chi connectivity index (χ1v) is 8.72. The summed E-state index contributed by atoms with van der Waals surface area (Å²) in [5.74, 6) is 2.50. The molecule has 0 saturated carbocycles. The molecule has 1 saturated heterocycles. The van der Waals surface area contributed by atoms with Crippen molar-refractivity contribution in [1.82, 2.24) is 10.2 Å². The van der Waals surface area contributed by atoms with Crippen LogP contribution in [0.2, 0.25) is 0 Å². The summed E-state index contributed by atoms with van der Waals surface area (Å²) in [6.07, 6.45) is 0. The van der Waals surface area contributed by atoms with Crippen molar-refractivity contribution in [2.45, 2.75) is 10.3 Å². The lowest BCUT2D eigenvalue weighted by Crippen LogP contribution is -2.37. The Labute approximate surface area is 127 Å². The number of carbonyl (C=O) groups is 1. The summed E-state index contributed by atoms with van der Waals surface area (Å²) >= 11 is 9.33. The van der Waals surface area contributed by atoms with Crippen LogP contribution in [0.5, 0.6) is 0 Å². The molecule has 1 fully saturated rings. The molecule has 1 heterocycles. The summed E-state index contributed by atoms with van der Waals surface area (Å²) in [6, 6.07) is 8.26. The fourth-order valence-electron chi connectivity index (χ4n) is 2.04. The first-order chi connectivity index (χ1) is 9.27. The monoisotopic (exact) mass is 316 g/mol. The number of benzene rings is 1. The first kappa shape index (κ1) is 14.9. The number of nitrogens with one attached hydrogen (secondary N) is 1. The molecule has 0 aliphatic carbocycles. The number of halogens is 1. The second kappa shape index (κ2) is 7.31. The second-order valence-electron chi connectivity index (χ2n) is 4.05. The molecule has 0 bridgehead atoms. The molecule has 1 aromatic carbocycles. The van der Waals surface area contributed by atoms with E-state index in [2.05, 4.69) is 17.4 Å². The van der Waals surface area contributed by atoms with Crippen LogP contribution in [0.1, 0.15) is 10.9 Å². The highest BCUT2D eigenvalue weighted by atomic mass is 35.5. The smallest absolute Gasteiger partial charge is 0.318 e. The van der Waals surface area contributed by atoms with E-state index in [1.807, 2.05) is 28.8 Å². The van der Waals surface area contributed by atoms with E-state index in [9.17, 15) is 4.79 Å². The third-order valence-corrected chi connectivity index (χ3v) is 5.63. The molecule has 0 aromatic heterocycles. The molecule has 19 heavy (non-hydrogen) atoms. The van der Waals surface area contributed by atoms with Gasteiger partial charge < -0.3 is 10.2 Å². The van der Waals surface area contributed by atoms with E-state index in [0.717, 1.165) is 18.1 Å². The Hall–Kier alpha value is -0.520. The standard InChI is InChI=1S/C13H17ClN2OS2/c1-15-13(17)16-7-9-19-12(16)10-4-2-3-5-11(10)18-8-6-14/h2-5,12H,6-9H2,1H3,(H,15,17). The number of amides is 2. The minimum absolute atomic E-state index is 0.00727. The van der Waals surface area contributed by atoms with Gasteiger partial charge in [0.05, 0.1) is 0 Å². The lowest BCUT2D eigenvalue weighted by molar-refractivity contribution is 0.202. The van der Waals surface area contributed by atoms with E-state index in [0.29, 0.717) is 5.88 Å². The van der Waals surface area contributed by atoms with Crippen molar-refractivity contribution < 1.29 is 4.79 Å². The lowest BCUT2D eigenvalue weighted by atomic mass is 10.2. The SMILES string of the molecule is CNC(=O)N1CCSC1c1ccccc1SCCCl. The van der Waals surface area contributed by atoms with E-state index in [4.69, 9.17) is 11.6 Å². The first-order valence-electron chi connectivity index (χ1n) is 6.15. The summed E-state index contributed by atoms with van der Waals surface area (Å²) in [6.45, 7) is 0.795. The van der Waals surface area contributed by atoms with Gasteiger partial charge in [-0.3, -0.25) is 0 Å². The minimum atomic E-state index is -0.00727. The van der Waals surface area contributed by atoms with Gasteiger partial charge in [-0.25, -0.2) is 4.79 Å². The van der Waals surface area contributed by atoms with Gasteiger partial charge in [-0.2, -0.15) is 0 Å². The molecule has 1 aromatic rings. The highest BCUT2D eigenvalue weighted by Gasteiger charge is 2.31. The van der Waals surface area contributed by atoms with Crippen LogP contribution in [-0.2, 0) is 0 Å². The second-order valence-corrected chi connectivity index (χ2v) is 6.75. The minimum Gasteiger partial charge on any atom is -0.341 e. The van der Waals surface area contributed by atoms with Crippen molar-refractivity contribution in [2.24, 2.45) is 0 Å². The zero-order valence-electron chi connectivity index (χ0n) is 10.8. The van der Waals surface area contributed by atoms with Gasteiger partial charge in [0.2, 0.25) is 0 Å². The predicted octanol–water partition coefficient (Wildman–Crippen LogP) is 3.40. The average Bonchev–Trinajstić information content (AvgIpc) is 2.93. The number of rotatable bonds is 4. The van der Waals surface area contributed by atoms with Crippen LogP contribution in [0.3, 0.4) is 0 Å². The summed E-state index contributed by atoms with van der Waals surface area (Å²) < 4.78 is 0. The molecule has 104 valence electrons. The molecule has 3 nitrogen and oxygen atoms in total. The van der Waals surface area contributed by atoms with Gasteiger partial charge in [0.15, 0.2) is 0 Å². The number of urea groups is 1. The molecular weight excluding hydrogens is 300 g/mol. The molecule has 0 radical (unpaired) electrons. The van der Waals surface area contributed by atoms with Crippen molar-refractivity contribution in [2.75, 3.05) is 31.0 Å². The number of hydrogen-bond donors (Lipinski definition) is 1. The maximum Gasteiger partial charge on any atom is 0.318 e. The molecule has 0 spiro atoms. The van der Waals surface area contributed by atoms with Crippen LogP contribution in [-0.4, -0.2) is 41.9 Å². The zero-order valence-corrected chi connectivity index (χ0v) is 13.2. The highest BCUT2D eigenvalue weighted by Crippen LogP contribution is 2.41. The van der Waals surface area contributed by atoms with Crippen molar-refractivity contribution in [1.29, 1.82) is 0 Å². The molecule has 1 unspecified atom stereocenters. The fourth-order valence-corrected chi connectivity index (χ4v) is 4.46. The topological polar surface area (TPSA) is 32.3 Å². The third-order valence-electron chi connectivity index (χ3n) is 2.89. The fraction of sp³-hybridized carbons (Fsp3) is 0.462. The van der Waals surface area contributed by atoms with Crippen molar-refractivity contribution in [3.63, 3.8) is 0 Å². The molecule has 2 rings (SSSR count). The van der Waals surface area contributed by atoms with Crippen molar-refractivity contribution in [3.8, 4) is 0 Å². The Morgan fingerprint density at radius 3 is 3.11 bits per heavy atom. The molecule has 2 amide bonds. The zero-order chi connectivity index (χ0) is 13.7. The highest BCUT2D eigenvalue weighted by molar-refractivity contribution is 8.00. The Bertz CT molecular complexity index is 444. The molecule has 1 aliphatic heterocycles. The van der Waals surface area contributed by atoms with E-state index >= 15 is 0 Å². The van der Waals surface area contributed by atoms with Gasteiger partial charge in [0, 0.05) is 35.9 Å². The predicted molar refractivity (Wildman–Crippen MR) is 84.2 cm³/mol. The summed E-state index contributed by atoms with van der Waals surface area (Å²) in [7, 11) is 1.68. The molecular formula is C13H17ClN2OS2. The quantitative estimate of drug-likeness (QED) is 0.682. The number of thioether (sulfide) groups is 2. The Kier molecular flexibility index (Phi) is 5.73. The van der Waals surface area contributed by atoms with Crippen LogP contribution in [0.15, 0.2) is 29.2 Å². The number of hydrogen-bond acceptors (Lipinski definition) is 3. The lowest BCUT2D eigenvalue weighted by Gasteiger charge is -2.25. The molecule has 1 aliphatic rings. The Morgan fingerprint density at radius 2 is 2.37 bits per heavy atom. The van der Waals surface area contributed by atoms with E-state index in [-0.39, 0.29) is 11.4 Å². The summed E-state index contributed by atoms with van der Waals surface area (Å²) in [5, 5.41) is 2.83. The van der Waals surface area contributed by atoms with Gasteiger partial charge in [-0.05, 0) is 11.6 Å². The molecule has 6 heteroatoms. The van der Waals surface area contributed by atoms with Crippen molar-refractivity contribution >= 4 is 41.2 Å².